The van der Waals surface area contributed by atoms with E-state index in [1.807, 2.05) is 48.2 Å². The van der Waals surface area contributed by atoms with Gasteiger partial charge in [0.25, 0.3) is 0 Å². The smallest absolute Gasteiger partial charge is 0.236 e. The van der Waals surface area contributed by atoms with Crippen molar-refractivity contribution < 1.29 is 14.6 Å². The maximum atomic E-state index is 10.4. The van der Waals surface area contributed by atoms with E-state index in [1.165, 1.54) is 0 Å². The van der Waals surface area contributed by atoms with Crippen molar-refractivity contribution in [2.45, 2.75) is 6.92 Å². The summed E-state index contributed by atoms with van der Waals surface area (Å²) in [6, 6.07) is 15.0. The molecule has 2 heterocycles. The molecule has 0 unspecified atom stereocenters. The molecule has 0 aliphatic carbocycles. The molecular weight excluding hydrogens is 408 g/mol. The van der Waals surface area contributed by atoms with Gasteiger partial charge in [0.05, 0.1) is 19.4 Å². The Bertz CT molecular complexity index is 1100. The van der Waals surface area contributed by atoms with Crippen LogP contribution in [0.1, 0.15) is 12.5 Å². The van der Waals surface area contributed by atoms with Crippen molar-refractivity contribution >= 4 is 29.6 Å². The molecule has 9 nitrogen and oxygen atoms in total. The Hall–Kier alpha value is -4.27. The fraction of sp³-hybridized carbons (Fsp3) is 0.174. The number of aromatic nitrogens is 3. The van der Waals surface area contributed by atoms with E-state index >= 15 is 0 Å². The molecule has 0 bridgehead atoms. The molecule has 3 N–H and O–H groups in total. The summed E-state index contributed by atoms with van der Waals surface area (Å²) in [4.78, 5) is 15.4. The molecule has 164 valence electrons. The van der Waals surface area contributed by atoms with Crippen LogP contribution in [-0.2, 0) is 4.74 Å². The van der Waals surface area contributed by atoms with E-state index in [9.17, 15) is 5.11 Å². The maximum Gasteiger partial charge on any atom is 0.236 e. The van der Waals surface area contributed by atoms with Crippen molar-refractivity contribution in [2.24, 2.45) is 0 Å². The van der Waals surface area contributed by atoms with Crippen molar-refractivity contribution in [3.8, 4) is 11.5 Å². The van der Waals surface area contributed by atoms with Crippen LogP contribution in [0.25, 0.3) is 6.08 Å². The summed E-state index contributed by atoms with van der Waals surface area (Å²) in [5, 5.41) is 16.6. The summed E-state index contributed by atoms with van der Waals surface area (Å²) < 4.78 is 10.7. The van der Waals surface area contributed by atoms with Gasteiger partial charge in [-0.2, -0.15) is 15.0 Å². The van der Waals surface area contributed by atoms with Crippen molar-refractivity contribution in [3.05, 3.63) is 72.8 Å². The van der Waals surface area contributed by atoms with Gasteiger partial charge in [-0.25, -0.2) is 0 Å². The second kappa shape index (κ2) is 10.2. The van der Waals surface area contributed by atoms with Crippen LogP contribution in [0, 0.1) is 0 Å². The van der Waals surface area contributed by atoms with E-state index in [4.69, 9.17) is 9.47 Å². The number of phenols is 1. The molecule has 0 amide bonds. The van der Waals surface area contributed by atoms with E-state index in [0.717, 1.165) is 5.69 Å². The number of anilines is 4. The molecule has 1 aromatic heterocycles. The first-order chi connectivity index (χ1) is 15.7. The molecule has 0 saturated carbocycles. The van der Waals surface area contributed by atoms with Crippen LogP contribution in [-0.4, -0.2) is 39.8 Å². The molecule has 3 aromatic rings. The van der Waals surface area contributed by atoms with Gasteiger partial charge < -0.3 is 30.1 Å². The zero-order valence-electron chi connectivity index (χ0n) is 17.6. The van der Waals surface area contributed by atoms with Gasteiger partial charge in [-0.3, -0.25) is 0 Å². The van der Waals surface area contributed by atoms with Gasteiger partial charge in [0.1, 0.15) is 6.61 Å². The van der Waals surface area contributed by atoms with E-state index in [0.29, 0.717) is 48.9 Å². The van der Waals surface area contributed by atoms with E-state index in [1.54, 1.807) is 36.9 Å². The second-order valence-corrected chi connectivity index (χ2v) is 6.73. The molecule has 32 heavy (non-hydrogen) atoms. The zero-order valence-corrected chi connectivity index (χ0v) is 17.6. The Morgan fingerprint density at radius 2 is 1.94 bits per heavy atom. The Labute approximate surface area is 186 Å². The average molecular weight is 432 g/mol. The summed E-state index contributed by atoms with van der Waals surface area (Å²) in [5.41, 5.74) is 1.47. The minimum Gasteiger partial charge on any atom is -0.504 e. The number of rotatable bonds is 8. The SMILES string of the molecule is CCOc1cccc(/C=C/Nc2nc(Nc3ccccc3)nc(N3C=COCC3)n2)c1O. The molecule has 0 atom stereocenters. The van der Waals surface area contributed by atoms with Crippen LogP contribution in [0.3, 0.4) is 0 Å². The summed E-state index contributed by atoms with van der Waals surface area (Å²) >= 11 is 0. The van der Waals surface area contributed by atoms with Crippen molar-refractivity contribution in [3.63, 3.8) is 0 Å². The lowest BCUT2D eigenvalue weighted by atomic mass is 10.2. The first-order valence-electron chi connectivity index (χ1n) is 10.2. The number of hydrogen-bond donors (Lipinski definition) is 3. The highest BCUT2D eigenvalue weighted by Gasteiger charge is 2.14. The molecule has 0 fully saturated rings. The van der Waals surface area contributed by atoms with Crippen LogP contribution in [0.4, 0.5) is 23.5 Å². The van der Waals surface area contributed by atoms with Crippen LogP contribution in [0.5, 0.6) is 11.5 Å². The Kier molecular flexibility index (Phi) is 6.66. The van der Waals surface area contributed by atoms with Crippen molar-refractivity contribution in [1.82, 2.24) is 15.0 Å². The highest BCUT2D eigenvalue weighted by atomic mass is 16.5. The van der Waals surface area contributed by atoms with Crippen LogP contribution in [0.2, 0.25) is 0 Å². The van der Waals surface area contributed by atoms with Gasteiger partial charge in [0.15, 0.2) is 11.5 Å². The molecular formula is C23H24N6O3. The van der Waals surface area contributed by atoms with Crippen LogP contribution < -0.4 is 20.3 Å². The van der Waals surface area contributed by atoms with E-state index in [2.05, 4.69) is 25.6 Å². The topological polar surface area (TPSA) is 105 Å². The predicted molar refractivity (Wildman–Crippen MR) is 124 cm³/mol. The summed E-state index contributed by atoms with van der Waals surface area (Å²) in [6.45, 7) is 3.51. The largest absolute Gasteiger partial charge is 0.504 e. The third-order valence-electron chi connectivity index (χ3n) is 4.50. The first kappa shape index (κ1) is 21.0. The summed E-state index contributed by atoms with van der Waals surface area (Å²) in [6.07, 6.45) is 6.77. The lowest BCUT2D eigenvalue weighted by Crippen LogP contribution is -2.26. The van der Waals surface area contributed by atoms with E-state index < -0.39 is 0 Å². The van der Waals surface area contributed by atoms with Gasteiger partial charge >= 0.3 is 0 Å². The van der Waals surface area contributed by atoms with Crippen LogP contribution in [0.15, 0.2) is 67.2 Å². The summed E-state index contributed by atoms with van der Waals surface area (Å²) in [5.74, 6) is 1.75. The molecule has 0 spiro atoms. The van der Waals surface area contributed by atoms with E-state index in [-0.39, 0.29) is 5.75 Å². The maximum absolute atomic E-state index is 10.4. The molecule has 4 rings (SSSR count). The quantitative estimate of drug-likeness (QED) is 0.485. The van der Waals surface area contributed by atoms with Crippen LogP contribution >= 0.6 is 0 Å². The fourth-order valence-electron chi connectivity index (χ4n) is 2.99. The molecule has 9 heteroatoms. The predicted octanol–water partition coefficient (Wildman–Crippen LogP) is 4.11. The Morgan fingerprint density at radius 3 is 2.72 bits per heavy atom. The molecule has 0 saturated heterocycles. The van der Waals surface area contributed by atoms with Crippen molar-refractivity contribution in [2.75, 3.05) is 35.3 Å². The lowest BCUT2D eigenvalue weighted by Gasteiger charge is -2.22. The standard InChI is InChI=1S/C23H24N6O3/c1-2-32-19-10-6-7-17(20(19)30)11-12-24-21-26-22(25-18-8-4-3-5-9-18)28-23(27-21)29-13-15-31-16-14-29/h3-13,15,30H,2,14,16H2,1H3,(H2,24,25,26,27,28)/b12-11+. The van der Waals surface area contributed by atoms with Gasteiger partial charge in [-0.1, -0.05) is 30.3 Å². The number of nitrogens with one attached hydrogen (secondary N) is 2. The molecule has 2 aromatic carbocycles. The number of para-hydroxylation sites is 2. The highest BCUT2D eigenvalue weighted by Crippen LogP contribution is 2.30. The monoisotopic (exact) mass is 432 g/mol. The normalized spacial score (nSPS) is 13.1. The zero-order chi connectivity index (χ0) is 22.2. The number of hydrogen-bond acceptors (Lipinski definition) is 9. The minimum atomic E-state index is 0.0774. The Balaban J connectivity index is 1.57. The van der Waals surface area contributed by atoms with Gasteiger partial charge in [-0.05, 0) is 31.2 Å². The minimum absolute atomic E-state index is 0.0774. The third-order valence-corrected chi connectivity index (χ3v) is 4.50. The fourth-order valence-corrected chi connectivity index (χ4v) is 2.99. The average Bonchev–Trinajstić information content (AvgIpc) is 2.83. The lowest BCUT2D eigenvalue weighted by molar-refractivity contribution is 0.245. The number of benzene rings is 2. The number of phenolic OH excluding ortho intramolecular Hbond substituents is 1. The van der Waals surface area contributed by atoms with Gasteiger partial charge in [-0.15, -0.1) is 0 Å². The molecule has 1 aliphatic rings. The Morgan fingerprint density at radius 1 is 1.09 bits per heavy atom. The van der Waals surface area contributed by atoms with Gasteiger partial charge in [0, 0.05) is 23.7 Å². The third kappa shape index (κ3) is 5.25. The van der Waals surface area contributed by atoms with Crippen molar-refractivity contribution in [1.29, 1.82) is 0 Å². The number of ether oxygens (including phenoxy) is 2. The molecule has 0 radical (unpaired) electrons. The molecule has 1 aliphatic heterocycles. The second-order valence-electron chi connectivity index (χ2n) is 6.73. The summed E-state index contributed by atoms with van der Waals surface area (Å²) in [7, 11) is 0. The first-order valence-corrected chi connectivity index (χ1v) is 10.2. The van der Waals surface area contributed by atoms with Gasteiger partial charge in [0.2, 0.25) is 17.8 Å². The number of nitrogens with zero attached hydrogens (tertiary/aromatic N) is 4. The highest BCUT2D eigenvalue weighted by molar-refractivity contribution is 5.63. The number of aromatic hydroxyl groups is 1.